The molecule has 1 fully saturated rings. The van der Waals surface area contributed by atoms with Gasteiger partial charge in [0.25, 0.3) is 0 Å². The van der Waals surface area contributed by atoms with Crippen molar-refractivity contribution in [1.82, 2.24) is 14.5 Å². The van der Waals surface area contributed by atoms with Crippen LogP contribution in [0.1, 0.15) is 76.3 Å². The van der Waals surface area contributed by atoms with Gasteiger partial charge in [0.15, 0.2) is 0 Å². The first-order valence-electron chi connectivity index (χ1n) is 9.01. The third-order valence-corrected chi connectivity index (χ3v) is 6.31. The van der Waals surface area contributed by atoms with Gasteiger partial charge in [0, 0.05) is 19.3 Å². The summed E-state index contributed by atoms with van der Waals surface area (Å²) >= 11 is 0. The zero-order valence-electron chi connectivity index (χ0n) is 14.6. The number of hydrogen-bond donors (Lipinski definition) is 1. The molecule has 0 saturated heterocycles. The molecule has 1 aliphatic rings. The summed E-state index contributed by atoms with van der Waals surface area (Å²) in [6, 6.07) is 0.0547. The van der Waals surface area contributed by atoms with Gasteiger partial charge in [-0.3, -0.25) is 4.68 Å². The van der Waals surface area contributed by atoms with Crippen LogP contribution in [0.3, 0.4) is 0 Å². The van der Waals surface area contributed by atoms with E-state index in [0.29, 0.717) is 10.6 Å². The molecule has 0 aliphatic heterocycles. The summed E-state index contributed by atoms with van der Waals surface area (Å²) < 4.78 is 29.8. The quantitative estimate of drug-likeness (QED) is 0.912. The van der Waals surface area contributed by atoms with E-state index in [9.17, 15) is 8.42 Å². The Morgan fingerprint density at radius 3 is 1.91 bits per heavy atom. The molecule has 132 valence electrons. The molecule has 0 atom stereocenters. The highest BCUT2D eigenvalue weighted by Crippen LogP contribution is 2.19. The molecule has 0 unspecified atom stereocenters. The van der Waals surface area contributed by atoms with Crippen LogP contribution in [0.2, 0.25) is 0 Å². The number of sulfonamides is 1. The predicted molar refractivity (Wildman–Crippen MR) is 92.8 cm³/mol. The van der Waals surface area contributed by atoms with Crippen LogP contribution in [0.25, 0.3) is 0 Å². The zero-order chi connectivity index (χ0) is 16.7. The van der Waals surface area contributed by atoms with Crippen molar-refractivity contribution in [3.8, 4) is 0 Å². The molecule has 1 aromatic heterocycles. The van der Waals surface area contributed by atoms with E-state index in [1.165, 1.54) is 44.9 Å². The highest BCUT2D eigenvalue weighted by molar-refractivity contribution is 7.89. The van der Waals surface area contributed by atoms with Crippen molar-refractivity contribution < 1.29 is 8.42 Å². The molecule has 0 spiro atoms. The van der Waals surface area contributed by atoms with Crippen molar-refractivity contribution in [2.24, 2.45) is 7.05 Å². The summed E-state index contributed by atoms with van der Waals surface area (Å²) in [6.45, 7) is 1.75. The molecule has 5 nitrogen and oxygen atoms in total. The van der Waals surface area contributed by atoms with Gasteiger partial charge in [-0.05, 0) is 19.8 Å². The highest BCUT2D eigenvalue weighted by Gasteiger charge is 2.23. The topological polar surface area (TPSA) is 64.0 Å². The van der Waals surface area contributed by atoms with Crippen LogP contribution in [-0.2, 0) is 17.1 Å². The smallest absolute Gasteiger partial charge is 0.244 e. The fraction of sp³-hybridized carbons (Fsp3) is 0.824. The van der Waals surface area contributed by atoms with Crippen molar-refractivity contribution in [1.29, 1.82) is 0 Å². The summed E-state index contributed by atoms with van der Waals surface area (Å²) in [5, 5.41) is 4.15. The Labute approximate surface area is 140 Å². The van der Waals surface area contributed by atoms with Gasteiger partial charge < -0.3 is 0 Å². The van der Waals surface area contributed by atoms with Crippen LogP contribution < -0.4 is 4.72 Å². The van der Waals surface area contributed by atoms with Gasteiger partial charge in [0.05, 0.1) is 5.69 Å². The molecule has 1 heterocycles. The standard InChI is InChI=1S/C17H31N3O2S/c1-15-17(14-20(2)18-15)23(21,22)19-16-12-10-8-6-4-3-5-7-9-11-13-16/h14,16,19H,3-13H2,1-2H3. The van der Waals surface area contributed by atoms with Crippen molar-refractivity contribution in [2.75, 3.05) is 0 Å². The molecule has 0 radical (unpaired) electrons. The Kier molecular flexibility index (Phi) is 7.09. The Morgan fingerprint density at radius 1 is 1.00 bits per heavy atom. The van der Waals surface area contributed by atoms with E-state index in [1.807, 2.05) is 0 Å². The van der Waals surface area contributed by atoms with Gasteiger partial charge in [0.1, 0.15) is 4.90 Å². The fourth-order valence-electron chi connectivity index (χ4n) is 3.41. The van der Waals surface area contributed by atoms with E-state index >= 15 is 0 Å². The normalized spacial score (nSPS) is 19.9. The largest absolute Gasteiger partial charge is 0.274 e. The first kappa shape index (κ1) is 18.5. The van der Waals surface area contributed by atoms with E-state index in [-0.39, 0.29) is 6.04 Å². The molecular weight excluding hydrogens is 310 g/mol. The molecule has 6 heteroatoms. The third-order valence-electron chi connectivity index (χ3n) is 4.68. The van der Waals surface area contributed by atoms with Crippen molar-refractivity contribution in [3.63, 3.8) is 0 Å². The second kappa shape index (κ2) is 8.83. The minimum absolute atomic E-state index is 0.0547. The van der Waals surface area contributed by atoms with E-state index in [1.54, 1.807) is 24.9 Å². The molecule has 2 rings (SSSR count). The summed E-state index contributed by atoms with van der Waals surface area (Å²) in [7, 11) is -1.72. The highest BCUT2D eigenvalue weighted by atomic mass is 32.2. The van der Waals surface area contributed by atoms with Crippen LogP contribution in [0.4, 0.5) is 0 Å². The second-order valence-corrected chi connectivity index (χ2v) is 8.51. The van der Waals surface area contributed by atoms with Gasteiger partial charge in [-0.2, -0.15) is 5.10 Å². The van der Waals surface area contributed by atoms with Crippen molar-refractivity contribution in [3.05, 3.63) is 11.9 Å². The average Bonchev–Trinajstić information content (AvgIpc) is 2.81. The Morgan fingerprint density at radius 2 is 1.48 bits per heavy atom. The zero-order valence-corrected chi connectivity index (χ0v) is 15.4. The van der Waals surface area contributed by atoms with E-state index < -0.39 is 10.0 Å². The molecule has 0 amide bonds. The Balaban J connectivity index is 2.00. The number of hydrogen-bond acceptors (Lipinski definition) is 3. The van der Waals surface area contributed by atoms with Gasteiger partial charge >= 0.3 is 0 Å². The maximum absolute atomic E-state index is 12.6. The summed E-state index contributed by atoms with van der Waals surface area (Å²) in [5.41, 5.74) is 0.563. The van der Waals surface area contributed by atoms with Crippen LogP contribution >= 0.6 is 0 Å². The van der Waals surface area contributed by atoms with Gasteiger partial charge in [-0.15, -0.1) is 0 Å². The lowest BCUT2D eigenvalue weighted by molar-refractivity contribution is 0.440. The number of nitrogens with one attached hydrogen (secondary N) is 1. The predicted octanol–water partition coefficient (Wildman–Crippen LogP) is 3.68. The molecular formula is C17H31N3O2S. The van der Waals surface area contributed by atoms with Crippen LogP contribution in [0.15, 0.2) is 11.1 Å². The maximum atomic E-state index is 12.6. The van der Waals surface area contributed by atoms with Crippen molar-refractivity contribution >= 4 is 10.0 Å². The fourth-order valence-corrected chi connectivity index (χ4v) is 4.93. The number of nitrogens with zero attached hydrogens (tertiary/aromatic N) is 2. The van der Waals surface area contributed by atoms with E-state index in [2.05, 4.69) is 9.82 Å². The van der Waals surface area contributed by atoms with Crippen LogP contribution in [-0.4, -0.2) is 24.2 Å². The first-order valence-corrected chi connectivity index (χ1v) is 10.5. The molecule has 1 aromatic rings. The van der Waals surface area contributed by atoms with Gasteiger partial charge in [-0.25, -0.2) is 13.1 Å². The molecule has 0 bridgehead atoms. The minimum Gasteiger partial charge on any atom is -0.274 e. The van der Waals surface area contributed by atoms with Crippen molar-refractivity contribution in [2.45, 2.75) is 88.5 Å². The number of aryl methyl sites for hydroxylation is 2. The lowest BCUT2D eigenvalue weighted by atomic mass is 9.98. The average molecular weight is 342 g/mol. The lowest BCUT2D eigenvalue weighted by Gasteiger charge is -2.19. The molecule has 1 aliphatic carbocycles. The Bertz CT molecular complexity index is 569. The lowest BCUT2D eigenvalue weighted by Crippen LogP contribution is -2.35. The molecule has 0 aromatic carbocycles. The molecule has 23 heavy (non-hydrogen) atoms. The number of rotatable bonds is 3. The maximum Gasteiger partial charge on any atom is 0.244 e. The second-order valence-electron chi connectivity index (χ2n) is 6.83. The van der Waals surface area contributed by atoms with Crippen LogP contribution in [0.5, 0.6) is 0 Å². The van der Waals surface area contributed by atoms with E-state index in [4.69, 9.17) is 0 Å². The summed E-state index contributed by atoms with van der Waals surface area (Å²) in [6.07, 6.45) is 14.7. The molecule has 1 N–H and O–H groups in total. The van der Waals surface area contributed by atoms with Gasteiger partial charge in [-0.1, -0.05) is 57.8 Å². The third kappa shape index (κ3) is 5.92. The Hall–Kier alpha value is -0.880. The monoisotopic (exact) mass is 341 g/mol. The van der Waals surface area contributed by atoms with Crippen LogP contribution in [0, 0.1) is 6.92 Å². The number of aromatic nitrogens is 2. The van der Waals surface area contributed by atoms with Gasteiger partial charge in [0.2, 0.25) is 10.0 Å². The first-order chi connectivity index (χ1) is 11.0. The molecule has 1 saturated carbocycles. The summed E-state index contributed by atoms with van der Waals surface area (Å²) in [5.74, 6) is 0. The SMILES string of the molecule is Cc1nn(C)cc1S(=O)(=O)NC1CCCCCCCCCCC1. The minimum atomic E-state index is -3.47. The summed E-state index contributed by atoms with van der Waals surface area (Å²) in [4.78, 5) is 0.311. The van der Waals surface area contributed by atoms with E-state index in [0.717, 1.165) is 25.7 Å².